The van der Waals surface area contributed by atoms with Crippen molar-refractivity contribution in [2.24, 2.45) is 11.8 Å². The lowest BCUT2D eigenvalue weighted by molar-refractivity contribution is -0.261. The summed E-state index contributed by atoms with van der Waals surface area (Å²) in [6.07, 6.45) is -4.81. The Bertz CT molecular complexity index is 909. The van der Waals surface area contributed by atoms with Gasteiger partial charge < -0.3 is 28.8 Å². The Balaban J connectivity index is 2.45. The summed E-state index contributed by atoms with van der Waals surface area (Å²) >= 11 is 0. The van der Waals surface area contributed by atoms with E-state index in [4.69, 9.17) is 23.7 Å². The second-order valence-corrected chi connectivity index (χ2v) is 8.47. The summed E-state index contributed by atoms with van der Waals surface area (Å²) in [5, 5.41) is 9.57. The minimum absolute atomic E-state index is 0.0145. The third-order valence-electron chi connectivity index (χ3n) is 5.45. The first kappa shape index (κ1) is 27.3. The van der Waals surface area contributed by atoms with E-state index in [0.717, 1.165) is 14.0 Å². The maximum atomic E-state index is 12.5. The van der Waals surface area contributed by atoms with Gasteiger partial charge in [0, 0.05) is 31.7 Å². The highest BCUT2D eigenvalue weighted by molar-refractivity contribution is 5.83. The van der Waals surface area contributed by atoms with Gasteiger partial charge in [-0.05, 0) is 11.6 Å². The molecule has 1 aliphatic rings. The van der Waals surface area contributed by atoms with E-state index in [0.29, 0.717) is 11.1 Å². The van der Waals surface area contributed by atoms with Gasteiger partial charge in [-0.1, -0.05) is 32.9 Å². The van der Waals surface area contributed by atoms with Gasteiger partial charge >= 0.3 is 17.9 Å². The molecular weight excluding hydrogens is 448 g/mol. The van der Waals surface area contributed by atoms with Gasteiger partial charge in [0.2, 0.25) is 6.29 Å². The van der Waals surface area contributed by atoms with Crippen LogP contribution in [0.4, 0.5) is 0 Å². The smallest absolute Gasteiger partial charge is 0.339 e. The molecule has 2 rings (SSSR count). The SMILES string of the molecule is COC(=O)[C@H]1O[C@@H](Oc2cc(CO)ccc2CC(=O)C(C)C)[C@H](C)[C@@H](OC(C)=O)[C@@H]1OC(C)=O. The van der Waals surface area contributed by atoms with Crippen molar-refractivity contribution in [3.8, 4) is 5.75 Å². The van der Waals surface area contributed by atoms with Crippen molar-refractivity contribution in [1.82, 2.24) is 0 Å². The molecule has 0 aliphatic carbocycles. The van der Waals surface area contributed by atoms with Crippen LogP contribution in [0.1, 0.15) is 45.7 Å². The van der Waals surface area contributed by atoms with Crippen LogP contribution in [0.3, 0.4) is 0 Å². The first-order valence-corrected chi connectivity index (χ1v) is 11.0. The van der Waals surface area contributed by atoms with E-state index in [1.165, 1.54) is 6.92 Å². The highest BCUT2D eigenvalue weighted by Crippen LogP contribution is 2.34. The number of hydrogen-bond acceptors (Lipinski definition) is 10. The topological polar surface area (TPSA) is 135 Å². The first-order chi connectivity index (χ1) is 16.0. The van der Waals surface area contributed by atoms with Crippen LogP contribution in [0.25, 0.3) is 0 Å². The average molecular weight is 481 g/mol. The van der Waals surface area contributed by atoms with Crippen LogP contribution in [0, 0.1) is 11.8 Å². The summed E-state index contributed by atoms with van der Waals surface area (Å²) in [7, 11) is 1.14. The summed E-state index contributed by atoms with van der Waals surface area (Å²) in [6, 6.07) is 4.93. The Morgan fingerprint density at radius 2 is 1.68 bits per heavy atom. The van der Waals surface area contributed by atoms with E-state index in [9.17, 15) is 24.3 Å². The van der Waals surface area contributed by atoms with E-state index in [1.54, 1.807) is 39.0 Å². The van der Waals surface area contributed by atoms with Gasteiger partial charge in [0.1, 0.15) is 11.5 Å². The number of aliphatic hydroxyl groups is 1. The van der Waals surface area contributed by atoms with Crippen LogP contribution in [0.2, 0.25) is 0 Å². The van der Waals surface area contributed by atoms with Crippen molar-refractivity contribution in [3.05, 3.63) is 29.3 Å². The number of hydrogen-bond donors (Lipinski definition) is 1. The molecule has 188 valence electrons. The second kappa shape index (κ2) is 11.9. The highest BCUT2D eigenvalue weighted by Gasteiger charge is 2.52. The summed E-state index contributed by atoms with van der Waals surface area (Å²) in [4.78, 5) is 48.3. The minimum Gasteiger partial charge on any atom is -0.467 e. The highest BCUT2D eigenvalue weighted by atomic mass is 16.7. The number of ether oxygens (including phenoxy) is 5. The number of Topliss-reactive ketones (excluding diaryl/α,β-unsaturated/α-hetero) is 1. The van der Waals surface area contributed by atoms with Crippen LogP contribution in [-0.2, 0) is 51.2 Å². The monoisotopic (exact) mass is 480 g/mol. The Morgan fingerprint density at radius 1 is 1.06 bits per heavy atom. The van der Waals surface area contributed by atoms with Crippen molar-refractivity contribution in [3.63, 3.8) is 0 Å². The summed E-state index contributed by atoms with van der Waals surface area (Å²) in [5.41, 5.74) is 1.10. The van der Waals surface area contributed by atoms with Crippen LogP contribution < -0.4 is 4.74 Å². The normalized spacial score (nSPS) is 24.3. The molecule has 1 aromatic rings. The maximum Gasteiger partial charge on any atom is 0.339 e. The third-order valence-corrected chi connectivity index (χ3v) is 5.45. The largest absolute Gasteiger partial charge is 0.467 e. The zero-order valence-corrected chi connectivity index (χ0v) is 20.2. The first-order valence-electron chi connectivity index (χ1n) is 11.0. The number of ketones is 1. The second-order valence-electron chi connectivity index (χ2n) is 8.47. The minimum atomic E-state index is -1.43. The fourth-order valence-corrected chi connectivity index (χ4v) is 3.57. The predicted octanol–water partition coefficient (Wildman–Crippen LogP) is 1.72. The molecule has 1 saturated heterocycles. The molecule has 10 heteroatoms. The molecular formula is C24H32O10. The van der Waals surface area contributed by atoms with Gasteiger partial charge in [-0.25, -0.2) is 4.79 Å². The Hall–Kier alpha value is -2.98. The lowest BCUT2D eigenvalue weighted by Crippen LogP contribution is -2.60. The van der Waals surface area contributed by atoms with E-state index < -0.39 is 48.4 Å². The van der Waals surface area contributed by atoms with Crippen LogP contribution in [-0.4, -0.2) is 60.5 Å². The van der Waals surface area contributed by atoms with Crippen LogP contribution in [0.5, 0.6) is 5.75 Å². The number of aliphatic hydroxyl groups excluding tert-OH is 1. The number of methoxy groups -OCH3 is 1. The van der Waals surface area contributed by atoms with E-state index in [-0.39, 0.29) is 30.5 Å². The number of benzene rings is 1. The standard InChI is InChI=1S/C24H32O10/c1-12(2)18(28)10-17-8-7-16(11-25)9-19(17)33-24-13(3)20(31-14(4)26)21(32-15(5)27)22(34-24)23(29)30-6/h7-9,12-13,20-22,24-25H,10-11H2,1-6H3/t13-,20-,21+,22+,24-/m1/s1. The number of carbonyl (C=O) groups is 4. The summed E-state index contributed by atoms with van der Waals surface area (Å²) in [6.45, 7) is 7.32. The lowest BCUT2D eigenvalue weighted by atomic mass is 9.91. The third kappa shape index (κ3) is 6.77. The molecule has 1 fully saturated rings. The van der Waals surface area contributed by atoms with Crippen molar-refractivity contribution < 1.29 is 48.0 Å². The molecule has 0 radical (unpaired) electrons. The number of esters is 3. The van der Waals surface area contributed by atoms with E-state index >= 15 is 0 Å². The maximum absolute atomic E-state index is 12.5. The van der Waals surface area contributed by atoms with Gasteiger partial charge in [-0.15, -0.1) is 0 Å². The van der Waals surface area contributed by atoms with Gasteiger partial charge in [0.25, 0.3) is 0 Å². The Kier molecular flexibility index (Phi) is 9.57. The molecule has 34 heavy (non-hydrogen) atoms. The molecule has 0 spiro atoms. The number of carbonyl (C=O) groups excluding carboxylic acids is 4. The fraction of sp³-hybridized carbons (Fsp3) is 0.583. The Labute approximate surface area is 198 Å². The van der Waals surface area contributed by atoms with E-state index in [2.05, 4.69) is 0 Å². The predicted molar refractivity (Wildman–Crippen MR) is 117 cm³/mol. The van der Waals surface area contributed by atoms with Gasteiger partial charge in [0.05, 0.1) is 19.6 Å². The quantitative estimate of drug-likeness (QED) is 0.411. The molecule has 10 nitrogen and oxygen atoms in total. The summed E-state index contributed by atoms with van der Waals surface area (Å²) in [5.74, 6) is -2.83. The molecule has 0 unspecified atom stereocenters. The molecule has 1 N–H and O–H groups in total. The molecule has 5 atom stereocenters. The molecule has 1 heterocycles. The lowest BCUT2D eigenvalue weighted by Gasteiger charge is -2.43. The molecule has 1 aromatic carbocycles. The van der Waals surface area contributed by atoms with Crippen molar-refractivity contribution in [2.75, 3.05) is 7.11 Å². The zero-order valence-electron chi connectivity index (χ0n) is 20.2. The van der Waals surface area contributed by atoms with Gasteiger partial charge in [-0.2, -0.15) is 0 Å². The number of rotatable bonds is 9. The van der Waals surface area contributed by atoms with Crippen molar-refractivity contribution in [1.29, 1.82) is 0 Å². The van der Waals surface area contributed by atoms with Crippen LogP contribution >= 0.6 is 0 Å². The van der Waals surface area contributed by atoms with Crippen LogP contribution in [0.15, 0.2) is 18.2 Å². The van der Waals surface area contributed by atoms with Crippen molar-refractivity contribution in [2.45, 2.75) is 72.2 Å². The molecule has 1 aliphatic heterocycles. The van der Waals surface area contributed by atoms with Crippen molar-refractivity contribution >= 4 is 23.7 Å². The molecule has 0 saturated carbocycles. The fourth-order valence-electron chi connectivity index (χ4n) is 3.57. The van der Waals surface area contributed by atoms with Gasteiger partial charge in [-0.3, -0.25) is 14.4 Å². The van der Waals surface area contributed by atoms with E-state index in [1.807, 2.05) is 0 Å². The molecule has 0 aromatic heterocycles. The van der Waals surface area contributed by atoms with Gasteiger partial charge in [0.15, 0.2) is 18.3 Å². The average Bonchev–Trinajstić information content (AvgIpc) is 2.77. The Morgan fingerprint density at radius 3 is 2.21 bits per heavy atom. The summed E-state index contributed by atoms with van der Waals surface area (Å²) < 4.78 is 27.4. The molecule has 0 bridgehead atoms. The zero-order chi connectivity index (χ0) is 25.6. The molecule has 0 amide bonds.